The summed E-state index contributed by atoms with van der Waals surface area (Å²) < 4.78 is 0. The van der Waals surface area contributed by atoms with Crippen LogP contribution in [-0.2, 0) is 11.2 Å². The van der Waals surface area contributed by atoms with Crippen molar-refractivity contribution in [3.63, 3.8) is 0 Å². The van der Waals surface area contributed by atoms with E-state index in [0.717, 1.165) is 10.9 Å². The number of nitrogens with zero attached hydrogens (tertiary/aromatic N) is 1. The summed E-state index contributed by atoms with van der Waals surface area (Å²) in [5, 5.41) is 10.2. The van der Waals surface area contributed by atoms with Crippen molar-refractivity contribution in [2.24, 2.45) is 5.73 Å². The monoisotopic (exact) mass is 250 g/mol. The van der Waals surface area contributed by atoms with Gasteiger partial charge in [-0.05, 0) is 23.8 Å². The molecule has 2 aromatic rings. The summed E-state index contributed by atoms with van der Waals surface area (Å²) in [5.41, 5.74) is 7.01. The maximum Gasteiger partial charge on any atom is 0.320 e. The van der Waals surface area contributed by atoms with Crippen LogP contribution in [0.3, 0.4) is 0 Å². The Morgan fingerprint density at radius 1 is 1.47 bits per heavy atom. The minimum absolute atomic E-state index is 0.236. The molecule has 1 atom stereocenters. The molecule has 1 aromatic heterocycles. The van der Waals surface area contributed by atoms with Gasteiger partial charge in [0.05, 0.1) is 5.52 Å². The lowest BCUT2D eigenvalue weighted by Crippen LogP contribution is -2.32. The molecule has 0 fully saturated rings. The lowest BCUT2D eigenvalue weighted by atomic mass is 10.0. The topological polar surface area (TPSA) is 76.2 Å². The molecule has 1 aromatic carbocycles. The first-order valence-electron chi connectivity index (χ1n) is 5.10. The molecule has 0 spiro atoms. The molecular weight excluding hydrogens is 240 g/mol. The van der Waals surface area contributed by atoms with Crippen LogP contribution in [0, 0.1) is 0 Å². The number of hydrogen-bond acceptors (Lipinski definition) is 3. The van der Waals surface area contributed by atoms with Gasteiger partial charge in [0, 0.05) is 23.0 Å². The first-order valence-corrected chi connectivity index (χ1v) is 5.48. The Morgan fingerprint density at radius 3 is 2.94 bits per heavy atom. The number of carbonyl (C=O) groups is 1. The van der Waals surface area contributed by atoms with E-state index in [9.17, 15) is 4.79 Å². The van der Waals surface area contributed by atoms with Crippen molar-refractivity contribution in [3.8, 4) is 0 Å². The molecule has 17 heavy (non-hydrogen) atoms. The van der Waals surface area contributed by atoms with E-state index in [-0.39, 0.29) is 6.42 Å². The number of aromatic nitrogens is 1. The van der Waals surface area contributed by atoms with E-state index in [2.05, 4.69) is 4.98 Å². The van der Waals surface area contributed by atoms with Crippen LogP contribution in [0.2, 0.25) is 5.02 Å². The van der Waals surface area contributed by atoms with Crippen LogP contribution in [0.4, 0.5) is 0 Å². The van der Waals surface area contributed by atoms with Gasteiger partial charge in [0.25, 0.3) is 0 Å². The number of aliphatic carboxylic acids is 1. The molecule has 0 saturated heterocycles. The van der Waals surface area contributed by atoms with Gasteiger partial charge in [0.15, 0.2) is 0 Å². The minimum Gasteiger partial charge on any atom is -0.480 e. The largest absolute Gasteiger partial charge is 0.480 e. The fourth-order valence-electron chi connectivity index (χ4n) is 1.69. The average Bonchev–Trinajstić information content (AvgIpc) is 2.33. The van der Waals surface area contributed by atoms with Crippen molar-refractivity contribution < 1.29 is 9.90 Å². The molecule has 2 rings (SSSR count). The number of carboxylic acid groups (broad SMARTS) is 1. The van der Waals surface area contributed by atoms with E-state index in [1.165, 1.54) is 0 Å². The Hall–Kier alpha value is -1.65. The maximum atomic E-state index is 10.7. The van der Waals surface area contributed by atoms with Crippen molar-refractivity contribution in [2.45, 2.75) is 12.5 Å². The molecule has 3 N–H and O–H groups in total. The van der Waals surface area contributed by atoms with Gasteiger partial charge in [0.1, 0.15) is 6.04 Å². The number of rotatable bonds is 3. The van der Waals surface area contributed by atoms with Crippen molar-refractivity contribution in [2.75, 3.05) is 0 Å². The number of fused-ring (bicyclic) bond motifs is 1. The second-order valence-corrected chi connectivity index (χ2v) is 4.16. The van der Waals surface area contributed by atoms with Crippen LogP contribution in [-0.4, -0.2) is 22.1 Å². The number of pyridine rings is 1. The Morgan fingerprint density at radius 2 is 2.24 bits per heavy atom. The third kappa shape index (κ3) is 2.38. The highest BCUT2D eigenvalue weighted by molar-refractivity contribution is 6.35. The zero-order valence-corrected chi connectivity index (χ0v) is 9.69. The molecule has 0 aliphatic rings. The number of nitrogens with two attached hydrogens (primary N) is 1. The fourth-order valence-corrected chi connectivity index (χ4v) is 1.90. The van der Waals surface area contributed by atoms with E-state index in [1.807, 2.05) is 6.07 Å². The van der Waals surface area contributed by atoms with E-state index >= 15 is 0 Å². The van der Waals surface area contributed by atoms with Crippen molar-refractivity contribution >= 4 is 28.5 Å². The SMILES string of the molecule is NC(Cc1ccc(Cl)c2cccnc12)C(=O)O. The second kappa shape index (κ2) is 4.69. The van der Waals surface area contributed by atoms with Crippen LogP contribution >= 0.6 is 11.6 Å². The van der Waals surface area contributed by atoms with Crippen LogP contribution in [0.5, 0.6) is 0 Å². The quantitative estimate of drug-likeness (QED) is 0.872. The van der Waals surface area contributed by atoms with Gasteiger partial charge < -0.3 is 10.8 Å². The molecule has 0 aliphatic heterocycles. The average molecular weight is 251 g/mol. The summed E-state index contributed by atoms with van der Waals surface area (Å²) in [7, 11) is 0. The molecule has 1 unspecified atom stereocenters. The fraction of sp³-hybridized carbons (Fsp3) is 0.167. The molecule has 88 valence electrons. The standard InChI is InChI=1S/C12H11ClN2O2/c13-9-4-3-7(6-10(14)12(16)17)11-8(9)2-1-5-15-11/h1-5,10H,6,14H2,(H,16,17). The summed E-state index contributed by atoms with van der Waals surface area (Å²) in [6.07, 6.45) is 1.88. The summed E-state index contributed by atoms with van der Waals surface area (Å²) in [5.74, 6) is -1.02. The predicted molar refractivity (Wildman–Crippen MR) is 66.1 cm³/mol. The third-order valence-corrected chi connectivity index (χ3v) is 2.89. The number of halogens is 1. The van der Waals surface area contributed by atoms with Crippen LogP contribution in [0.1, 0.15) is 5.56 Å². The summed E-state index contributed by atoms with van der Waals surface area (Å²) in [6.45, 7) is 0. The minimum atomic E-state index is -1.02. The van der Waals surface area contributed by atoms with E-state index in [1.54, 1.807) is 24.4 Å². The van der Waals surface area contributed by atoms with Crippen LogP contribution in [0.25, 0.3) is 10.9 Å². The molecule has 4 nitrogen and oxygen atoms in total. The second-order valence-electron chi connectivity index (χ2n) is 3.75. The van der Waals surface area contributed by atoms with Gasteiger partial charge in [-0.25, -0.2) is 0 Å². The highest BCUT2D eigenvalue weighted by Crippen LogP contribution is 2.25. The summed E-state index contributed by atoms with van der Waals surface area (Å²) in [4.78, 5) is 15.0. The van der Waals surface area contributed by atoms with Gasteiger partial charge in [-0.3, -0.25) is 9.78 Å². The maximum absolute atomic E-state index is 10.7. The zero-order chi connectivity index (χ0) is 12.4. The Bertz CT molecular complexity index is 571. The Labute approximate surface area is 103 Å². The summed E-state index contributed by atoms with van der Waals surface area (Å²) in [6, 6.07) is 6.20. The highest BCUT2D eigenvalue weighted by atomic mass is 35.5. The Balaban J connectivity index is 2.48. The van der Waals surface area contributed by atoms with E-state index in [4.69, 9.17) is 22.4 Å². The smallest absolute Gasteiger partial charge is 0.320 e. The van der Waals surface area contributed by atoms with Gasteiger partial charge in [-0.1, -0.05) is 17.7 Å². The number of benzene rings is 1. The molecule has 0 aliphatic carbocycles. The van der Waals surface area contributed by atoms with Crippen molar-refractivity contribution in [3.05, 3.63) is 41.0 Å². The van der Waals surface area contributed by atoms with E-state index < -0.39 is 12.0 Å². The highest BCUT2D eigenvalue weighted by Gasteiger charge is 2.15. The third-order valence-electron chi connectivity index (χ3n) is 2.56. The van der Waals surface area contributed by atoms with Gasteiger partial charge in [0.2, 0.25) is 0 Å². The van der Waals surface area contributed by atoms with Crippen LogP contribution in [0.15, 0.2) is 30.5 Å². The van der Waals surface area contributed by atoms with Gasteiger partial charge >= 0.3 is 5.97 Å². The molecule has 1 heterocycles. The number of carboxylic acids is 1. The van der Waals surface area contributed by atoms with E-state index in [0.29, 0.717) is 10.5 Å². The lowest BCUT2D eigenvalue weighted by Gasteiger charge is -2.09. The number of hydrogen-bond donors (Lipinski definition) is 2. The van der Waals surface area contributed by atoms with Crippen molar-refractivity contribution in [1.29, 1.82) is 0 Å². The lowest BCUT2D eigenvalue weighted by molar-refractivity contribution is -0.138. The van der Waals surface area contributed by atoms with Gasteiger partial charge in [-0.15, -0.1) is 0 Å². The normalized spacial score (nSPS) is 12.6. The molecule has 0 saturated carbocycles. The first kappa shape index (κ1) is 11.8. The summed E-state index contributed by atoms with van der Waals surface area (Å²) >= 11 is 6.04. The van der Waals surface area contributed by atoms with Crippen LogP contribution < -0.4 is 5.73 Å². The molecule has 0 bridgehead atoms. The predicted octanol–water partition coefficient (Wildman–Crippen LogP) is 1.84. The molecular formula is C12H11ClN2O2. The molecule has 0 amide bonds. The molecule has 5 heteroatoms. The zero-order valence-electron chi connectivity index (χ0n) is 8.93. The Kier molecular flexibility index (Phi) is 3.26. The first-order chi connectivity index (χ1) is 8.09. The van der Waals surface area contributed by atoms with Crippen molar-refractivity contribution in [1.82, 2.24) is 4.98 Å². The van der Waals surface area contributed by atoms with Gasteiger partial charge in [-0.2, -0.15) is 0 Å². The molecule has 0 radical (unpaired) electrons.